The Labute approximate surface area is 84.4 Å². The Balaban J connectivity index is 1.91. The number of anilines is 1. The zero-order chi connectivity index (χ0) is 9.80. The fourth-order valence-electron chi connectivity index (χ4n) is 1.87. The Bertz CT molecular complexity index is 275. The molecule has 1 aliphatic heterocycles. The predicted molar refractivity (Wildman–Crippen MR) is 56.2 cm³/mol. The molecule has 1 unspecified atom stereocenters. The third-order valence-corrected chi connectivity index (χ3v) is 2.54. The molecule has 1 N–H and O–H groups in total. The summed E-state index contributed by atoms with van der Waals surface area (Å²) < 4.78 is 0. The normalized spacial score (nSPS) is 23.4. The molecule has 0 bridgehead atoms. The van der Waals surface area contributed by atoms with Crippen LogP contribution in [-0.4, -0.2) is 41.0 Å². The Kier molecular flexibility index (Phi) is 2.93. The number of aromatic nitrogens is 2. The Morgan fingerprint density at radius 1 is 1.50 bits per heavy atom. The quantitative estimate of drug-likeness (QED) is 0.758. The van der Waals surface area contributed by atoms with Crippen molar-refractivity contribution in [3.05, 3.63) is 18.6 Å². The van der Waals surface area contributed by atoms with Crippen molar-refractivity contribution in [2.75, 3.05) is 25.5 Å². The van der Waals surface area contributed by atoms with Gasteiger partial charge in [-0.2, -0.15) is 0 Å². The molecule has 1 aromatic rings. The van der Waals surface area contributed by atoms with Crippen LogP contribution in [0, 0.1) is 0 Å². The van der Waals surface area contributed by atoms with Gasteiger partial charge in [-0.3, -0.25) is 4.98 Å². The first-order valence-corrected chi connectivity index (χ1v) is 5.06. The summed E-state index contributed by atoms with van der Waals surface area (Å²) in [6.45, 7) is 2.30. The molecule has 76 valence electrons. The van der Waals surface area contributed by atoms with Crippen LogP contribution >= 0.6 is 0 Å². The van der Waals surface area contributed by atoms with E-state index in [0.717, 1.165) is 12.4 Å². The van der Waals surface area contributed by atoms with E-state index in [0.29, 0.717) is 6.04 Å². The highest BCUT2D eigenvalue weighted by Gasteiger charge is 2.16. The molecule has 2 heterocycles. The third kappa shape index (κ3) is 2.42. The molecule has 1 aliphatic rings. The third-order valence-electron chi connectivity index (χ3n) is 2.54. The molecule has 0 spiro atoms. The van der Waals surface area contributed by atoms with Crippen LogP contribution in [0.15, 0.2) is 18.6 Å². The van der Waals surface area contributed by atoms with Gasteiger partial charge in [-0.25, -0.2) is 4.98 Å². The number of likely N-dealkylation sites (N-methyl/N-ethyl adjacent to an activating group) is 1. The highest BCUT2D eigenvalue weighted by atomic mass is 15.2. The van der Waals surface area contributed by atoms with Crippen LogP contribution in [0.5, 0.6) is 0 Å². The van der Waals surface area contributed by atoms with Gasteiger partial charge < -0.3 is 10.2 Å². The maximum atomic E-state index is 4.21. The summed E-state index contributed by atoms with van der Waals surface area (Å²) in [5.74, 6) is 0.882. The lowest BCUT2D eigenvalue weighted by molar-refractivity contribution is 0.260. The Morgan fingerprint density at radius 3 is 3.14 bits per heavy atom. The number of rotatable bonds is 2. The van der Waals surface area contributed by atoms with E-state index in [1.165, 1.54) is 19.4 Å². The SMILES string of the molecule is CN1CCCC(Nc2cnccn2)C1. The van der Waals surface area contributed by atoms with Gasteiger partial charge in [0.2, 0.25) is 0 Å². The van der Waals surface area contributed by atoms with E-state index in [9.17, 15) is 0 Å². The van der Waals surface area contributed by atoms with Crippen molar-refractivity contribution < 1.29 is 0 Å². The maximum absolute atomic E-state index is 4.21. The lowest BCUT2D eigenvalue weighted by Crippen LogP contribution is -2.39. The molecule has 2 rings (SSSR count). The van der Waals surface area contributed by atoms with Crippen LogP contribution in [0.1, 0.15) is 12.8 Å². The molecule has 4 heteroatoms. The number of hydrogen-bond acceptors (Lipinski definition) is 4. The van der Waals surface area contributed by atoms with Crippen molar-refractivity contribution in [2.24, 2.45) is 0 Å². The molecule has 0 radical (unpaired) electrons. The second-order valence-corrected chi connectivity index (χ2v) is 3.84. The molecular weight excluding hydrogens is 176 g/mol. The van der Waals surface area contributed by atoms with Crippen molar-refractivity contribution in [2.45, 2.75) is 18.9 Å². The molecule has 1 fully saturated rings. The van der Waals surface area contributed by atoms with E-state index in [1.807, 2.05) is 0 Å². The molecule has 1 aromatic heterocycles. The smallest absolute Gasteiger partial charge is 0.144 e. The van der Waals surface area contributed by atoms with Crippen LogP contribution in [0.4, 0.5) is 5.82 Å². The lowest BCUT2D eigenvalue weighted by atomic mass is 10.1. The fraction of sp³-hybridized carbons (Fsp3) is 0.600. The van der Waals surface area contributed by atoms with E-state index in [4.69, 9.17) is 0 Å². The van der Waals surface area contributed by atoms with Crippen LogP contribution in [0.25, 0.3) is 0 Å². The Hall–Kier alpha value is -1.16. The van der Waals surface area contributed by atoms with Gasteiger partial charge in [-0.15, -0.1) is 0 Å². The molecule has 0 aliphatic carbocycles. The molecule has 1 saturated heterocycles. The lowest BCUT2D eigenvalue weighted by Gasteiger charge is -2.30. The molecule has 0 aromatic carbocycles. The zero-order valence-corrected chi connectivity index (χ0v) is 8.48. The van der Waals surface area contributed by atoms with Gasteiger partial charge >= 0.3 is 0 Å². The highest BCUT2D eigenvalue weighted by Crippen LogP contribution is 2.12. The maximum Gasteiger partial charge on any atom is 0.144 e. The summed E-state index contributed by atoms with van der Waals surface area (Å²) in [6, 6.07) is 0.519. The number of nitrogens with zero attached hydrogens (tertiary/aromatic N) is 3. The topological polar surface area (TPSA) is 41.0 Å². The second-order valence-electron chi connectivity index (χ2n) is 3.84. The van der Waals surface area contributed by atoms with Gasteiger partial charge in [0, 0.05) is 25.0 Å². The number of likely N-dealkylation sites (tertiary alicyclic amines) is 1. The van der Waals surface area contributed by atoms with Gasteiger partial charge in [0.25, 0.3) is 0 Å². The summed E-state index contributed by atoms with van der Waals surface area (Å²) >= 11 is 0. The van der Waals surface area contributed by atoms with Crippen molar-refractivity contribution in [1.82, 2.24) is 14.9 Å². The minimum Gasteiger partial charge on any atom is -0.365 e. The van der Waals surface area contributed by atoms with Crippen LogP contribution < -0.4 is 5.32 Å². The number of hydrogen-bond donors (Lipinski definition) is 1. The molecular formula is C10H16N4. The van der Waals surface area contributed by atoms with Gasteiger partial charge in [-0.05, 0) is 26.4 Å². The van der Waals surface area contributed by atoms with Gasteiger partial charge in [0.15, 0.2) is 0 Å². The van der Waals surface area contributed by atoms with E-state index in [2.05, 4.69) is 27.2 Å². The predicted octanol–water partition coefficient (Wildman–Crippen LogP) is 0.983. The number of piperidine rings is 1. The highest BCUT2D eigenvalue weighted by molar-refractivity contribution is 5.31. The summed E-state index contributed by atoms with van der Waals surface area (Å²) in [5, 5.41) is 3.40. The monoisotopic (exact) mass is 192 g/mol. The summed E-state index contributed by atoms with van der Waals surface area (Å²) in [5.41, 5.74) is 0. The summed E-state index contributed by atoms with van der Waals surface area (Å²) in [4.78, 5) is 10.6. The average Bonchev–Trinajstić information content (AvgIpc) is 2.19. The van der Waals surface area contributed by atoms with E-state index >= 15 is 0 Å². The standard InChI is InChI=1S/C10H16N4/c1-14-6-2-3-9(8-14)13-10-7-11-4-5-12-10/h4-5,7,9H,2-3,6,8H2,1H3,(H,12,13). The second kappa shape index (κ2) is 4.37. The van der Waals surface area contributed by atoms with Crippen LogP contribution in [0.3, 0.4) is 0 Å². The van der Waals surface area contributed by atoms with Crippen molar-refractivity contribution >= 4 is 5.82 Å². The minimum absolute atomic E-state index is 0.519. The molecule has 14 heavy (non-hydrogen) atoms. The van der Waals surface area contributed by atoms with Crippen molar-refractivity contribution in [3.63, 3.8) is 0 Å². The van der Waals surface area contributed by atoms with E-state index < -0.39 is 0 Å². The minimum atomic E-state index is 0.519. The first-order valence-electron chi connectivity index (χ1n) is 5.06. The average molecular weight is 192 g/mol. The molecule has 0 amide bonds. The number of nitrogens with one attached hydrogen (secondary N) is 1. The molecule has 4 nitrogen and oxygen atoms in total. The first kappa shape index (κ1) is 9.40. The van der Waals surface area contributed by atoms with E-state index in [-0.39, 0.29) is 0 Å². The van der Waals surface area contributed by atoms with Crippen molar-refractivity contribution in [3.8, 4) is 0 Å². The Morgan fingerprint density at radius 2 is 2.43 bits per heavy atom. The van der Waals surface area contributed by atoms with Gasteiger partial charge in [-0.1, -0.05) is 0 Å². The molecule has 0 saturated carbocycles. The largest absolute Gasteiger partial charge is 0.365 e. The van der Waals surface area contributed by atoms with Crippen LogP contribution in [0.2, 0.25) is 0 Å². The van der Waals surface area contributed by atoms with Gasteiger partial charge in [0.1, 0.15) is 5.82 Å². The first-order chi connectivity index (χ1) is 6.84. The fourth-order valence-corrected chi connectivity index (χ4v) is 1.87. The van der Waals surface area contributed by atoms with Gasteiger partial charge in [0.05, 0.1) is 6.20 Å². The summed E-state index contributed by atoms with van der Waals surface area (Å²) in [7, 11) is 2.16. The van der Waals surface area contributed by atoms with E-state index in [1.54, 1.807) is 18.6 Å². The van der Waals surface area contributed by atoms with Crippen LogP contribution in [-0.2, 0) is 0 Å². The van der Waals surface area contributed by atoms with Crippen molar-refractivity contribution in [1.29, 1.82) is 0 Å². The zero-order valence-electron chi connectivity index (χ0n) is 8.48. The summed E-state index contributed by atoms with van der Waals surface area (Å²) in [6.07, 6.45) is 7.66. The molecule has 1 atom stereocenters.